The molecule has 4 rings (SSSR count). The minimum atomic E-state index is -4.79. The highest BCUT2D eigenvalue weighted by molar-refractivity contribution is 7.70. The van der Waals surface area contributed by atoms with Crippen LogP contribution in [-0.2, 0) is 18.4 Å². The van der Waals surface area contributed by atoms with Gasteiger partial charge >= 0.3 is 15.2 Å². The first-order valence-electron chi connectivity index (χ1n) is 10.9. The van der Waals surface area contributed by atoms with Crippen molar-refractivity contribution in [1.29, 1.82) is 0 Å². The van der Waals surface area contributed by atoms with Crippen molar-refractivity contribution in [2.24, 2.45) is 0 Å². The third-order valence-electron chi connectivity index (χ3n) is 5.83. The highest BCUT2D eigenvalue weighted by Crippen LogP contribution is 2.55. The summed E-state index contributed by atoms with van der Waals surface area (Å²) >= 11 is 12.6. The maximum atomic E-state index is 11.9. The van der Waals surface area contributed by atoms with Crippen LogP contribution in [0.1, 0.15) is 31.2 Å². The predicted octanol–water partition coefficient (Wildman–Crippen LogP) is 2.71. The molecule has 0 spiro atoms. The van der Waals surface area contributed by atoms with Crippen LogP contribution in [0.5, 0.6) is 0 Å². The molecular formula is C19H24Cl2N6O8P2. The molecule has 2 aromatic heterocycles. The molecule has 1 saturated heterocycles. The third-order valence-corrected chi connectivity index (χ3v) is 9.80. The average molecular weight is 597 g/mol. The Kier molecular flexibility index (Phi) is 8.28. The number of nitrogens with zero attached hydrogens (tertiary/aromatic N) is 6. The molecular weight excluding hydrogens is 573 g/mol. The fourth-order valence-corrected chi connectivity index (χ4v) is 6.94. The third kappa shape index (κ3) is 6.48. The predicted molar refractivity (Wildman–Crippen MR) is 134 cm³/mol. The summed E-state index contributed by atoms with van der Waals surface area (Å²) in [6.45, 7) is 1.35. The molecule has 0 bridgehead atoms. The molecule has 3 heterocycles. The van der Waals surface area contributed by atoms with Gasteiger partial charge in [-0.2, -0.15) is 14.6 Å². The van der Waals surface area contributed by atoms with Gasteiger partial charge in [0.15, 0.2) is 29.1 Å². The Bertz CT molecular complexity index is 1390. The highest BCUT2D eigenvalue weighted by Gasteiger charge is 2.40. The van der Waals surface area contributed by atoms with E-state index in [0.29, 0.717) is 16.4 Å². The van der Waals surface area contributed by atoms with Crippen LogP contribution in [0.2, 0.25) is 10.3 Å². The number of rotatable bonds is 9. The largest absolute Gasteiger partial charge is 0.390 e. The summed E-state index contributed by atoms with van der Waals surface area (Å²) < 4.78 is 34.8. The lowest BCUT2D eigenvalue weighted by Gasteiger charge is -2.27. The van der Waals surface area contributed by atoms with E-state index in [1.165, 1.54) is 4.68 Å². The molecule has 0 amide bonds. The summed E-state index contributed by atoms with van der Waals surface area (Å²) in [6, 6.07) is 7.15. The van der Waals surface area contributed by atoms with Crippen molar-refractivity contribution in [1.82, 2.24) is 25.0 Å². The van der Waals surface area contributed by atoms with Crippen molar-refractivity contribution >= 4 is 55.4 Å². The van der Waals surface area contributed by atoms with Gasteiger partial charge < -0.3 is 33.9 Å². The van der Waals surface area contributed by atoms with E-state index in [0.717, 1.165) is 5.56 Å². The first kappa shape index (κ1) is 28.3. The van der Waals surface area contributed by atoms with E-state index in [2.05, 4.69) is 20.3 Å². The lowest BCUT2D eigenvalue weighted by molar-refractivity contribution is -0.0440. The van der Waals surface area contributed by atoms with E-state index < -0.39 is 46.1 Å². The molecule has 4 N–H and O–H groups in total. The van der Waals surface area contributed by atoms with Crippen molar-refractivity contribution in [2.75, 3.05) is 24.5 Å². The zero-order valence-electron chi connectivity index (χ0n) is 19.5. The molecule has 1 aliphatic rings. The monoisotopic (exact) mass is 596 g/mol. The van der Waals surface area contributed by atoms with E-state index in [-0.39, 0.29) is 23.4 Å². The smallest absolute Gasteiger partial charge is 0.340 e. The fraction of sp³-hybridized carbons (Fsp3) is 0.474. The average Bonchev–Trinajstić information content (AvgIpc) is 3.38. The topological polar surface area (TPSA) is 193 Å². The zero-order chi connectivity index (χ0) is 27.1. The summed E-state index contributed by atoms with van der Waals surface area (Å²) in [6.07, 6.45) is -3.11. The first-order valence-corrected chi connectivity index (χ1v) is 15.2. The maximum Gasteiger partial charge on any atom is 0.340 e. The number of aliphatic hydroxyl groups is 1. The molecule has 5 atom stereocenters. The Balaban J connectivity index is 1.56. The summed E-state index contributed by atoms with van der Waals surface area (Å²) in [5.41, 5.74) is 1.39. The second-order valence-electron chi connectivity index (χ2n) is 8.50. The van der Waals surface area contributed by atoms with Gasteiger partial charge in [-0.3, -0.25) is 9.13 Å². The number of hydrogen-bond acceptors (Lipinski definition) is 10. The molecule has 1 aromatic carbocycles. The quantitative estimate of drug-likeness (QED) is 0.208. The number of hydrogen-bond donors (Lipinski definition) is 4. The Morgan fingerprint density at radius 1 is 1.24 bits per heavy atom. The van der Waals surface area contributed by atoms with Crippen molar-refractivity contribution in [3.8, 4) is 0 Å². The molecule has 3 aromatic rings. The van der Waals surface area contributed by atoms with Crippen molar-refractivity contribution in [2.45, 2.75) is 37.8 Å². The maximum absolute atomic E-state index is 11.9. The Morgan fingerprint density at radius 2 is 1.95 bits per heavy atom. The molecule has 1 unspecified atom stereocenters. The van der Waals surface area contributed by atoms with Crippen LogP contribution in [0.3, 0.4) is 0 Å². The summed E-state index contributed by atoms with van der Waals surface area (Å²) in [7, 11) is -7.62. The van der Waals surface area contributed by atoms with Gasteiger partial charge in [-0.25, -0.2) is 0 Å². The van der Waals surface area contributed by atoms with Gasteiger partial charge in [-0.15, -0.1) is 5.10 Å². The van der Waals surface area contributed by atoms with E-state index in [1.807, 2.05) is 30.0 Å². The normalized spacial score (nSPS) is 22.8. The second-order valence-corrected chi connectivity index (χ2v) is 13.2. The zero-order valence-corrected chi connectivity index (χ0v) is 22.8. The molecule has 0 radical (unpaired) electrons. The molecule has 1 fully saturated rings. The summed E-state index contributed by atoms with van der Waals surface area (Å²) in [4.78, 5) is 37.9. The van der Waals surface area contributed by atoms with Crippen LogP contribution in [0.4, 0.5) is 5.82 Å². The van der Waals surface area contributed by atoms with Crippen LogP contribution in [0.25, 0.3) is 11.2 Å². The molecule has 37 heavy (non-hydrogen) atoms. The van der Waals surface area contributed by atoms with Crippen LogP contribution in [0.15, 0.2) is 24.3 Å². The number of benzene rings is 1. The van der Waals surface area contributed by atoms with Crippen LogP contribution < -0.4 is 4.90 Å². The fourth-order valence-electron chi connectivity index (χ4n) is 3.91. The van der Waals surface area contributed by atoms with Gasteiger partial charge in [0.25, 0.3) is 0 Å². The number of aromatic nitrogens is 5. The standard InChI is InChI=1S/C19H24Cl2N6O8P2/c1-10(11-5-3-4-6-12(11)20)26(2)17-16-18(23-19(21)22-17)27(25-24-16)15-7-13(28)14(35-15)8-34-37(32,33)9-36(29,30)31/h3-6,10,13-15,28H,7-9H2,1-2H3,(H,32,33)(H2,29,30,31)/t10-,13-,14+,15+/m0/s1. The Labute approximate surface area is 220 Å². The van der Waals surface area contributed by atoms with E-state index in [9.17, 15) is 19.1 Å². The Hall–Kier alpha value is -1.70. The molecule has 0 aliphatic carbocycles. The lowest BCUT2D eigenvalue weighted by atomic mass is 10.1. The number of anilines is 1. The molecule has 0 saturated carbocycles. The number of fused-ring (bicyclic) bond motifs is 1. The number of aliphatic hydroxyl groups excluding tert-OH is 1. The van der Waals surface area contributed by atoms with E-state index in [4.69, 9.17) is 42.2 Å². The van der Waals surface area contributed by atoms with Crippen LogP contribution >= 0.6 is 38.4 Å². The summed E-state index contributed by atoms with van der Waals surface area (Å²) in [5.74, 6) is -0.969. The second kappa shape index (κ2) is 10.8. The van der Waals surface area contributed by atoms with Crippen molar-refractivity contribution < 1.29 is 38.2 Å². The van der Waals surface area contributed by atoms with Gasteiger partial charge in [0.1, 0.15) is 6.10 Å². The number of halogens is 2. The van der Waals surface area contributed by atoms with Gasteiger partial charge in [-0.05, 0) is 30.2 Å². The minimum Gasteiger partial charge on any atom is -0.390 e. The van der Waals surface area contributed by atoms with Crippen molar-refractivity contribution in [3.05, 3.63) is 40.1 Å². The highest BCUT2D eigenvalue weighted by atomic mass is 35.5. The number of ether oxygens (including phenoxy) is 1. The van der Waals surface area contributed by atoms with Crippen LogP contribution in [-0.4, -0.2) is 76.5 Å². The van der Waals surface area contributed by atoms with Gasteiger partial charge in [-0.1, -0.05) is 35.0 Å². The van der Waals surface area contributed by atoms with Crippen molar-refractivity contribution in [3.63, 3.8) is 0 Å². The van der Waals surface area contributed by atoms with E-state index in [1.54, 1.807) is 13.1 Å². The molecule has 14 nitrogen and oxygen atoms in total. The first-order chi connectivity index (χ1) is 17.3. The lowest BCUT2D eigenvalue weighted by Crippen LogP contribution is -2.26. The Morgan fingerprint density at radius 3 is 2.62 bits per heavy atom. The van der Waals surface area contributed by atoms with Gasteiger partial charge in [0, 0.05) is 18.5 Å². The SMILES string of the molecule is C[C@@H](c1ccccc1Cl)N(C)c1nc(Cl)nc2c1nnn2[C@H]1C[C@H](O)[C@@H](COP(=O)(O)CP(=O)(O)O)O1. The van der Waals surface area contributed by atoms with E-state index >= 15 is 0 Å². The molecule has 1 aliphatic heterocycles. The van der Waals surface area contributed by atoms with Gasteiger partial charge in [0.05, 0.1) is 18.8 Å². The molecule has 18 heteroatoms. The molecule has 202 valence electrons. The minimum absolute atomic E-state index is 0.00350. The summed E-state index contributed by atoms with van der Waals surface area (Å²) in [5, 5.41) is 19.2. The van der Waals surface area contributed by atoms with Crippen LogP contribution in [0, 0.1) is 0 Å². The van der Waals surface area contributed by atoms with Gasteiger partial charge in [0.2, 0.25) is 5.28 Å².